The second-order valence-electron chi connectivity index (χ2n) is 9.38. The normalized spacial score (nSPS) is 25.4. The lowest BCUT2D eigenvalue weighted by Gasteiger charge is -2.33. The number of nitrogens with zero attached hydrogens (tertiary/aromatic N) is 3. The molecule has 2 saturated heterocycles. The molecule has 172 valence electrons. The van der Waals surface area contributed by atoms with E-state index in [0.717, 1.165) is 50.9 Å². The predicted molar refractivity (Wildman–Crippen MR) is 124 cm³/mol. The molecule has 7 nitrogen and oxygen atoms in total. The summed E-state index contributed by atoms with van der Waals surface area (Å²) in [5.41, 5.74) is 0. The van der Waals surface area contributed by atoms with Crippen LogP contribution in [-0.2, 0) is 4.79 Å². The van der Waals surface area contributed by atoms with E-state index < -0.39 is 0 Å². The van der Waals surface area contributed by atoms with E-state index in [2.05, 4.69) is 32.7 Å². The van der Waals surface area contributed by atoms with Gasteiger partial charge in [0.15, 0.2) is 5.96 Å². The van der Waals surface area contributed by atoms with Crippen LogP contribution in [0.5, 0.6) is 0 Å². The maximum atomic E-state index is 11.6. The summed E-state index contributed by atoms with van der Waals surface area (Å²) in [4.78, 5) is 21.5. The first-order chi connectivity index (χ1) is 14.7. The Hall–Kier alpha value is -1.34. The van der Waals surface area contributed by atoms with Gasteiger partial charge < -0.3 is 16.0 Å². The van der Waals surface area contributed by atoms with Crippen molar-refractivity contribution in [2.75, 3.05) is 52.9 Å². The van der Waals surface area contributed by atoms with Crippen LogP contribution in [0.15, 0.2) is 4.99 Å². The predicted octanol–water partition coefficient (Wildman–Crippen LogP) is 1.80. The van der Waals surface area contributed by atoms with E-state index in [1.54, 1.807) is 7.05 Å². The van der Waals surface area contributed by atoms with Gasteiger partial charge in [0.05, 0.1) is 13.1 Å². The summed E-state index contributed by atoms with van der Waals surface area (Å²) in [7, 11) is 1.70. The molecule has 0 aromatic carbocycles. The smallest absolute Gasteiger partial charge is 0.233 e. The topological polar surface area (TPSA) is 72.0 Å². The van der Waals surface area contributed by atoms with Gasteiger partial charge in [-0.2, -0.15) is 0 Å². The van der Waals surface area contributed by atoms with Crippen LogP contribution >= 0.6 is 0 Å². The summed E-state index contributed by atoms with van der Waals surface area (Å²) >= 11 is 0. The molecule has 0 radical (unpaired) electrons. The van der Waals surface area contributed by atoms with Gasteiger partial charge in [-0.25, -0.2) is 0 Å². The first kappa shape index (κ1) is 23.3. The number of carbonyl (C=O) groups excluding carboxylic acids is 1. The maximum Gasteiger partial charge on any atom is 0.233 e. The van der Waals surface area contributed by atoms with Crippen LogP contribution in [0.3, 0.4) is 0 Å². The summed E-state index contributed by atoms with van der Waals surface area (Å²) in [5.74, 6) is 1.98. The number of likely N-dealkylation sites (N-methyl/N-ethyl adjacent to an activating group) is 1. The second kappa shape index (κ2) is 12.5. The van der Waals surface area contributed by atoms with Crippen LogP contribution in [0.25, 0.3) is 0 Å². The molecule has 0 aromatic rings. The van der Waals surface area contributed by atoms with Crippen molar-refractivity contribution in [3.63, 3.8) is 0 Å². The van der Waals surface area contributed by atoms with Crippen LogP contribution in [0.4, 0.5) is 0 Å². The molecule has 3 N–H and O–H groups in total. The monoisotopic (exact) mass is 420 g/mol. The number of piperidine rings is 1. The van der Waals surface area contributed by atoms with Crippen molar-refractivity contribution in [2.45, 2.75) is 76.8 Å². The molecule has 7 heteroatoms. The van der Waals surface area contributed by atoms with Crippen molar-refractivity contribution in [1.29, 1.82) is 0 Å². The van der Waals surface area contributed by atoms with Crippen LogP contribution in [0, 0.1) is 5.92 Å². The number of aliphatic imine (C=N–C) groups is 1. The molecule has 1 amide bonds. The van der Waals surface area contributed by atoms with Gasteiger partial charge in [-0.15, -0.1) is 0 Å². The van der Waals surface area contributed by atoms with Crippen molar-refractivity contribution in [1.82, 2.24) is 25.8 Å². The largest absolute Gasteiger partial charge is 0.358 e. The number of hydrogen-bond donors (Lipinski definition) is 3. The highest BCUT2D eigenvalue weighted by molar-refractivity contribution is 5.80. The molecule has 2 heterocycles. The Labute approximate surface area is 183 Å². The number of likely N-dealkylation sites (tertiary alicyclic amines) is 2. The molecule has 0 bridgehead atoms. The Morgan fingerprint density at radius 3 is 2.47 bits per heavy atom. The zero-order chi connectivity index (χ0) is 21.2. The van der Waals surface area contributed by atoms with Crippen molar-refractivity contribution in [3.05, 3.63) is 0 Å². The maximum absolute atomic E-state index is 11.6. The molecule has 3 aliphatic rings. The number of amides is 1. The molecule has 0 spiro atoms. The van der Waals surface area contributed by atoms with Crippen LogP contribution < -0.4 is 16.0 Å². The molecule has 0 aromatic heterocycles. The summed E-state index contributed by atoms with van der Waals surface area (Å²) in [6.45, 7) is 8.89. The lowest BCUT2D eigenvalue weighted by atomic mass is 9.89. The quantitative estimate of drug-likeness (QED) is 0.413. The van der Waals surface area contributed by atoms with E-state index in [4.69, 9.17) is 4.99 Å². The molecular formula is C23H44N6O. The Morgan fingerprint density at radius 2 is 1.77 bits per heavy atom. The zero-order valence-electron chi connectivity index (χ0n) is 19.3. The minimum absolute atomic E-state index is 0.102. The molecular weight excluding hydrogens is 376 g/mol. The Morgan fingerprint density at radius 1 is 1.00 bits per heavy atom. The third-order valence-electron chi connectivity index (χ3n) is 7.10. The molecule has 2 aliphatic heterocycles. The Bertz CT molecular complexity index is 540. The Kier molecular flexibility index (Phi) is 9.72. The van der Waals surface area contributed by atoms with Gasteiger partial charge in [0.25, 0.3) is 0 Å². The first-order valence-corrected chi connectivity index (χ1v) is 12.4. The second-order valence-corrected chi connectivity index (χ2v) is 9.38. The first-order valence-electron chi connectivity index (χ1n) is 12.4. The van der Waals surface area contributed by atoms with Gasteiger partial charge in [-0.3, -0.25) is 19.6 Å². The molecule has 1 aliphatic carbocycles. The number of rotatable bonds is 8. The number of guanidine groups is 1. The summed E-state index contributed by atoms with van der Waals surface area (Å²) in [6, 6.07) is 1.04. The molecule has 1 saturated carbocycles. The average molecular weight is 421 g/mol. The van der Waals surface area contributed by atoms with E-state index in [1.807, 2.05) is 0 Å². The number of hydrogen-bond acceptors (Lipinski definition) is 4. The van der Waals surface area contributed by atoms with Crippen LogP contribution in [0.1, 0.15) is 64.7 Å². The van der Waals surface area contributed by atoms with E-state index in [9.17, 15) is 4.79 Å². The summed E-state index contributed by atoms with van der Waals surface area (Å²) in [5, 5.41) is 9.82. The fourth-order valence-electron chi connectivity index (χ4n) is 5.27. The van der Waals surface area contributed by atoms with Crippen molar-refractivity contribution in [3.8, 4) is 0 Å². The molecule has 3 rings (SSSR count). The molecule has 1 unspecified atom stereocenters. The Balaban J connectivity index is 1.45. The fraction of sp³-hybridized carbons (Fsp3) is 0.913. The van der Waals surface area contributed by atoms with E-state index in [-0.39, 0.29) is 5.91 Å². The SMILES string of the molecule is CCNC(=NCC1CCCN1CC1CCCCC1)NC1CCN(CC(=O)NC)CC1. The summed E-state index contributed by atoms with van der Waals surface area (Å²) in [6.07, 6.45) is 11.9. The zero-order valence-corrected chi connectivity index (χ0v) is 19.3. The summed E-state index contributed by atoms with van der Waals surface area (Å²) < 4.78 is 0. The highest BCUT2D eigenvalue weighted by Gasteiger charge is 2.27. The van der Waals surface area contributed by atoms with Crippen molar-refractivity contribution >= 4 is 11.9 Å². The van der Waals surface area contributed by atoms with Gasteiger partial charge in [0.1, 0.15) is 0 Å². The average Bonchev–Trinajstić information content (AvgIpc) is 3.21. The minimum atomic E-state index is 0.102. The molecule has 1 atom stereocenters. The van der Waals surface area contributed by atoms with Crippen molar-refractivity contribution in [2.24, 2.45) is 10.9 Å². The van der Waals surface area contributed by atoms with Gasteiger partial charge in [0, 0.05) is 45.3 Å². The van der Waals surface area contributed by atoms with Crippen LogP contribution in [-0.4, -0.2) is 86.6 Å². The van der Waals surface area contributed by atoms with Gasteiger partial charge >= 0.3 is 0 Å². The highest BCUT2D eigenvalue weighted by Crippen LogP contribution is 2.27. The number of carbonyl (C=O) groups is 1. The van der Waals surface area contributed by atoms with Crippen LogP contribution in [0.2, 0.25) is 0 Å². The molecule has 3 fully saturated rings. The molecule has 30 heavy (non-hydrogen) atoms. The third-order valence-corrected chi connectivity index (χ3v) is 7.10. The number of nitrogens with one attached hydrogen (secondary N) is 3. The third kappa shape index (κ3) is 7.41. The fourth-order valence-corrected chi connectivity index (χ4v) is 5.27. The van der Waals surface area contributed by atoms with Gasteiger partial charge in [-0.1, -0.05) is 19.3 Å². The lowest BCUT2D eigenvalue weighted by Crippen LogP contribution is -2.50. The highest BCUT2D eigenvalue weighted by atomic mass is 16.1. The van der Waals surface area contributed by atoms with Gasteiger partial charge in [-0.05, 0) is 57.9 Å². The van der Waals surface area contributed by atoms with Gasteiger partial charge in [0.2, 0.25) is 5.91 Å². The standard InChI is InChI=1S/C23H44N6O/c1-3-25-23(27-20-11-14-28(15-12-20)18-22(30)24-2)26-16-21-10-7-13-29(21)17-19-8-5-4-6-9-19/h19-21H,3-18H2,1-2H3,(H,24,30)(H2,25,26,27). The van der Waals surface area contributed by atoms with E-state index in [1.165, 1.54) is 58.0 Å². The lowest BCUT2D eigenvalue weighted by molar-refractivity contribution is -0.122. The van der Waals surface area contributed by atoms with E-state index >= 15 is 0 Å². The minimum Gasteiger partial charge on any atom is -0.358 e. The van der Waals surface area contributed by atoms with E-state index in [0.29, 0.717) is 18.6 Å². The van der Waals surface area contributed by atoms with Crippen molar-refractivity contribution < 1.29 is 4.79 Å².